The van der Waals surface area contributed by atoms with E-state index < -0.39 is 11.7 Å². The Labute approximate surface area is 182 Å². The van der Waals surface area contributed by atoms with Crippen LogP contribution in [-0.2, 0) is 4.74 Å². The zero-order chi connectivity index (χ0) is 23.0. The van der Waals surface area contributed by atoms with Gasteiger partial charge in [-0.3, -0.25) is 4.79 Å². The van der Waals surface area contributed by atoms with Gasteiger partial charge in [0, 0.05) is 30.4 Å². The highest BCUT2D eigenvalue weighted by Gasteiger charge is 2.16. The molecule has 0 aliphatic carbocycles. The molecule has 0 spiro atoms. The molecule has 166 valence electrons. The van der Waals surface area contributed by atoms with Crippen molar-refractivity contribution in [1.29, 1.82) is 0 Å². The van der Waals surface area contributed by atoms with E-state index in [4.69, 9.17) is 9.47 Å². The molecule has 0 saturated carbocycles. The minimum Gasteiger partial charge on any atom is -0.489 e. The van der Waals surface area contributed by atoms with Crippen molar-refractivity contribution in [1.82, 2.24) is 5.32 Å². The second-order valence-electron chi connectivity index (χ2n) is 8.14. The number of nitrogens with zero attached hydrogens (tertiary/aromatic N) is 1. The maximum absolute atomic E-state index is 13.1. The van der Waals surface area contributed by atoms with Gasteiger partial charge in [0.1, 0.15) is 18.0 Å². The largest absolute Gasteiger partial charge is 0.489 e. The molecule has 0 atom stereocenters. The number of nitrogens with one attached hydrogen (secondary N) is 1. The molecule has 0 radical (unpaired) electrons. The zero-order valence-corrected chi connectivity index (χ0v) is 18.6. The van der Waals surface area contributed by atoms with Crippen molar-refractivity contribution in [3.63, 3.8) is 0 Å². The monoisotopic (exact) mass is 428 g/mol. The lowest BCUT2D eigenvalue weighted by atomic mass is 10.1. The first-order valence-corrected chi connectivity index (χ1v) is 9.91. The molecule has 6 nitrogen and oxygen atoms in total. The maximum Gasteiger partial charge on any atom is 0.407 e. The molecule has 31 heavy (non-hydrogen) atoms. The fourth-order valence-corrected chi connectivity index (χ4v) is 2.57. The van der Waals surface area contributed by atoms with Gasteiger partial charge in [0.25, 0.3) is 5.91 Å². The van der Waals surface area contributed by atoms with E-state index in [1.165, 1.54) is 0 Å². The molecule has 1 N–H and O–H groups in total. The second-order valence-corrected chi connectivity index (χ2v) is 8.14. The van der Waals surface area contributed by atoms with E-state index in [-0.39, 0.29) is 24.6 Å². The Balaban J connectivity index is 1.89. The Morgan fingerprint density at radius 3 is 2.23 bits per heavy atom. The van der Waals surface area contributed by atoms with Crippen molar-refractivity contribution < 1.29 is 23.5 Å². The summed E-state index contributed by atoms with van der Waals surface area (Å²) in [7, 11) is 1.72. The molecule has 0 aliphatic rings. The number of benzene rings is 2. The number of amides is 2. The van der Waals surface area contributed by atoms with Gasteiger partial charge in [0.2, 0.25) is 0 Å². The third-order valence-electron chi connectivity index (χ3n) is 4.26. The number of anilines is 1. The van der Waals surface area contributed by atoms with Gasteiger partial charge < -0.3 is 19.7 Å². The van der Waals surface area contributed by atoms with Crippen LogP contribution in [0.25, 0.3) is 0 Å². The van der Waals surface area contributed by atoms with E-state index >= 15 is 0 Å². The van der Waals surface area contributed by atoms with Crippen molar-refractivity contribution in [2.24, 2.45) is 0 Å². The summed E-state index contributed by atoms with van der Waals surface area (Å²) in [6, 6.07) is 14.3. The predicted octanol–water partition coefficient (Wildman–Crippen LogP) is 5.03. The Kier molecular flexibility index (Phi) is 8.19. The van der Waals surface area contributed by atoms with Gasteiger partial charge in [-0.05, 0) is 64.1 Å². The number of carbonyl (C=O) groups excluding carboxylic acids is 2. The Bertz CT molecular complexity index is 916. The first-order valence-electron chi connectivity index (χ1n) is 9.91. The van der Waals surface area contributed by atoms with Crippen LogP contribution in [0.5, 0.6) is 5.75 Å². The molecule has 0 unspecified atom stereocenters. The molecule has 7 heteroatoms. The lowest BCUT2D eigenvalue weighted by Crippen LogP contribution is -2.34. The van der Waals surface area contributed by atoms with Crippen LogP contribution in [0.4, 0.5) is 14.9 Å². The zero-order valence-electron chi connectivity index (χ0n) is 18.6. The predicted molar refractivity (Wildman–Crippen MR) is 119 cm³/mol. The molecule has 2 aromatic rings. The number of halogens is 1. The Morgan fingerprint density at radius 2 is 1.68 bits per heavy atom. The number of ether oxygens (including phenoxy) is 2. The SMILES string of the molecule is Cc1ccc(N(C)C(=O)c2ccc(OCC(=CF)CNC(=O)OC(C)(C)C)cc2)cc1. The molecule has 0 aliphatic heterocycles. The number of hydrogen-bond donors (Lipinski definition) is 1. The van der Waals surface area contributed by atoms with E-state index in [1.807, 2.05) is 31.2 Å². The lowest BCUT2D eigenvalue weighted by molar-refractivity contribution is 0.0531. The maximum atomic E-state index is 13.1. The molecular formula is C24H29FN2O4. The number of alkyl carbamates (subject to hydrolysis) is 1. The summed E-state index contributed by atoms with van der Waals surface area (Å²) in [6.45, 7) is 7.13. The summed E-state index contributed by atoms with van der Waals surface area (Å²) < 4.78 is 23.8. The average molecular weight is 429 g/mol. The molecule has 0 saturated heterocycles. The van der Waals surface area contributed by atoms with Crippen molar-refractivity contribution in [3.8, 4) is 5.75 Å². The van der Waals surface area contributed by atoms with Crippen LogP contribution in [0.3, 0.4) is 0 Å². The van der Waals surface area contributed by atoms with Crippen LogP contribution in [0.15, 0.2) is 60.4 Å². The van der Waals surface area contributed by atoms with Gasteiger partial charge in [0.15, 0.2) is 0 Å². The van der Waals surface area contributed by atoms with Crippen LogP contribution in [0.1, 0.15) is 36.7 Å². The van der Waals surface area contributed by atoms with E-state index in [0.717, 1.165) is 11.3 Å². The summed E-state index contributed by atoms with van der Waals surface area (Å²) in [5.74, 6) is 0.326. The minimum absolute atomic E-state index is 0.0384. The molecule has 0 aromatic heterocycles. The van der Waals surface area contributed by atoms with E-state index in [2.05, 4.69) is 5.32 Å². The second kappa shape index (κ2) is 10.6. The summed E-state index contributed by atoms with van der Waals surface area (Å²) in [5, 5.41) is 2.48. The first-order chi connectivity index (χ1) is 14.6. The number of hydrogen-bond acceptors (Lipinski definition) is 4. The number of carbonyl (C=O) groups is 2. The summed E-state index contributed by atoms with van der Waals surface area (Å²) >= 11 is 0. The van der Waals surface area contributed by atoms with Gasteiger partial charge >= 0.3 is 6.09 Å². The van der Waals surface area contributed by atoms with Crippen LogP contribution in [0, 0.1) is 6.92 Å². The lowest BCUT2D eigenvalue weighted by Gasteiger charge is -2.20. The molecule has 2 aromatic carbocycles. The van der Waals surface area contributed by atoms with E-state index in [9.17, 15) is 14.0 Å². The molecule has 0 heterocycles. The van der Waals surface area contributed by atoms with E-state index in [0.29, 0.717) is 17.6 Å². The number of aryl methyl sites for hydroxylation is 1. The number of rotatable bonds is 7. The molecule has 2 rings (SSSR count). The van der Waals surface area contributed by atoms with Crippen molar-refractivity contribution in [2.45, 2.75) is 33.3 Å². The third-order valence-corrected chi connectivity index (χ3v) is 4.26. The van der Waals surface area contributed by atoms with Gasteiger partial charge in [-0.2, -0.15) is 0 Å². The van der Waals surface area contributed by atoms with Crippen LogP contribution >= 0.6 is 0 Å². The fourth-order valence-electron chi connectivity index (χ4n) is 2.57. The van der Waals surface area contributed by atoms with E-state index in [1.54, 1.807) is 57.0 Å². The molecule has 2 amide bonds. The quantitative estimate of drug-likeness (QED) is 0.672. The van der Waals surface area contributed by atoms with Crippen LogP contribution in [-0.4, -0.2) is 37.8 Å². The Morgan fingerprint density at radius 1 is 1.06 bits per heavy atom. The Hall–Kier alpha value is -3.35. The topological polar surface area (TPSA) is 67.9 Å². The fraction of sp³-hybridized carbons (Fsp3) is 0.333. The average Bonchev–Trinajstić information content (AvgIpc) is 2.72. The normalized spacial score (nSPS) is 11.6. The van der Waals surface area contributed by atoms with Crippen molar-refractivity contribution in [3.05, 3.63) is 71.6 Å². The summed E-state index contributed by atoms with van der Waals surface area (Å²) in [4.78, 5) is 25.9. The van der Waals surface area contributed by atoms with Crippen LogP contribution in [0.2, 0.25) is 0 Å². The van der Waals surface area contributed by atoms with Gasteiger partial charge in [0.05, 0.1) is 6.33 Å². The first kappa shape index (κ1) is 23.9. The molecule has 0 bridgehead atoms. The third kappa shape index (κ3) is 7.77. The van der Waals surface area contributed by atoms with Crippen molar-refractivity contribution in [2.75, 3.05) is 25.1 Å². The highest BCUT2D eigenvalue weighted by molar-refractivity contribution is 6.05. The van der Waals surface area contributed by atoms with Gasteiger partial charge in [-0.15, -0.1) is 0 Å². The molecule has 0 fully saturated rings. The molecular weight excluding hydrogens is 399 g/mol. The van der Waals surface area contributed by atoms with Gasteiger partial charge in [-0.1, -0.05) is 17.7 Å². The standard InChI is InChI=1S/C24H29FN2O4/c1-17-6-10-20(11-7-17)27(5)22(28)19-8-12-21(13-9-19)30-16-18(14-25)15-26-23(29)31-24(2,3)4/h6-14H,15-16H2,1-5H3,(H,26,29). The van der Waals surface area contributed by atoms with Gasteiger partial charge in [-0.25, -0.2) is 9.18 Å². The van der Waals surface area contributed by atoms with Crippen LogP contribution < -0.4 is 15.0 Å². The smallest absolute Gasteiger partial charge is 0.407 e. The van der Waals surface area contributed by atoms with Crippen molar-refractivity contribution >= 4 is 17.7 Å². The highest BCUT2D eigenvalue weighted by Crippen LogP contribution is 2.19. The summed E-state index contributed by atoms with van der Waals surface area (Å²) in [6.07, 6.45) is -0.237. The summed E-state index contributed by atoms with van der Waals surface area (Å²) in [5.41, 5.74) is 2.03. The highest BCUT2D eigenvalue weighted by atomic mass is 19.1. The minimum atomic E-state index is -0.632.